The molecule has 2 heterocycles. The molecule has 0 spiro atoms. The van der Waals surface area contributed by atoms with Crippen LogP contribution in [0.2, 0.25) is 0 Å². The quantitative estimate of drug-likeness (QED) is 0.392. The van der Waals surface area contributed by atoms with Crippen molar-refractivity contribution in [2.24, 2.45) is 0 Å². The predicted octanol–water partition coefficient (Wildman–Crippen LogP) is 4.47. The number of hydrogen-bond donors (Lipinski definition) is 2. The van der Waals surface area contributed by atoms with E-state index < -0.39 is 10.0 Å². The molecular weight excluding hydrogens is 422 g/mol. The highest BCUT2D eigenvalue weighted by molar-refractivity contribution is 7.92. The second kappa shape index (κ2) is 7.82. The van der Waals surface area contributed by atoms with Gasteiger partial charge in [-0.2, -0.15) is 4.98 Å². The summed E-state index contributed by atoms with van der Waals surface area (Å²) in [7, 11) is -3.93. The van der Waals surface area contributed by atoms with E-state index in [0.717, 1.165) is 16.6 Å². The maximum atomic E-state index is 13.0. The number of para-hydroxylation sites is 1. The summed E-state index contributed by atoms with van der Waals surface area (Å²) in [5, 5.41) is 0.812. The van der Waals surface area contributed by atoms with Gasteiger partial charge in [-0.15, -0.1) is 0 Å². The van der Waals surface area contributed by atoms with Crippen molar-refractivity contribution in [3.05, 3.63) is 97.2 Å². The highest BCUT2D eigenvalue weighted by atomic mass is 32.2. The van der Waals surface area contributed by atoms with E-state index in [0.29, 0.717) is 17.0 Å². The van der Waals surface area contributed by atoms with Gasteiger partial charge >= 0.3 is 0 Å². The third kappa shape index (κ3) is 3.67. The van der Waals surface area contributed by atoms with Gasteiger partial charge in [-0.3, -0.25) is 0 Å². The summed E-state index contributed by atoms with van der Waals surface area (Å²) in [6, 6.07) is 27.3. The zero-order valence-corrected chi connectivity index (χ0v) is 17.7. The highest BCUT2D eigenvalue weighted by Gasteiger charge is 2.19. The average molecular weight is 442 g/mol. The topological polar surface area (TPSA) is 103 Å². The standard InChI is InChI=1S/C24H19N5O2S/c25-18-10-7-13-20(16-18)32(30,31)28-24-26-22(17-8-3-1-4-9-17)21-14-15-29(23(21)27-24)19-11-5-2-6-12-19/h1-16H,25H2,(H,26,27,28). The van der Waals surface area contributed by atoms with Crippen molar-refractivity contribution < 1.29 is 8.42 Å². The molecule has 0 unspecified atom stereocenters. The fourth-order valence-corrected chi connectivity index (χ4v) is 4.53. The van der Waals surface area contributed by atoms with Crippen LogP contribution in [0.15, 0.2) is 102 Å². The van der Waals surface area contributed by atoms with E-state index >= 15 is 0 Å². The van der Waals surface area contributed by atoms with Crippen LogP contribution < -0.4 is 10.5 Å². The van der Waals surface area contributed by atoms with Crippen molar-refractivity contribution in [2.75, 3.05) is 10.5 Å². The van der Waals surface area contributed by atoms with Gasteiger partial charge in [0.05, 0.1) is 10.6 Å². The minimum atomic E-state index is -3.93. The largest absolute Gasteiger partial charge is 0.399 e. The van der Waals surface area contributed by atoms with Gasteiger partial charge in [0, 0.05) is 28.5 Å². The molecule has 5 aromatic rings. The van der Waals surface area contributed by atoms with Crippen molar-refractivity contribution in [3.63, 3.8) is 0 Å². The molecule has 8 heteroatoms. The van der Waals surface area contributed by atoms with Crippen LogP contribution in [0.25, 0.3) is 28.0 Å². The molecule has 5 rings (SSSR count). The molecule has 0 fully saturated rings. The molecule has 0 aliphatic heterocycles. The first-order chi connectivity index (χ1) is 15.5. The van der Waals surface area contributed by atoms with Crippen LogP contribution in [0, 0.1) is 0 Å². The lowest BCUT2D eigenvalue weighted by atomic mass is 10.1. The van der Waals surface area contributed by atoms with Crippen molar-refractivity contribution in [1.82, 2.24) is 14.5 Å². The molecule has 2 aromatic heterocycles. The first-order valence-electron chi connectivity index (χ1n) is 9.89. The monoisotopic (exact) mass is 441 g/mol. The SMILES string of the molecule is Nc1cccc(S(=O)(=O)Nc2nc(-c3ccccc3)c3ccn(-c4ccccc4)c3n2)c1. The molecule has 158 valence electrons. The first kappa shape index (κ1) is 19.8. The minimum Gasteiger partial charge on any atom is -0.399 e. The molecule has 0 aliphatic rings. The van der Waals surface area contributed by atoms with Gasteiger partial charge in [0.15, 0.2) is 5.65 Å². The molecule has 7 nitrogen and oxygen atoms in total. The number of anilines is 2. The Balaban J connectivity index is 1.69. The molecule has 0 bridgehead atoms. The van der Waals surface area contributed by atoms with E-state index in [4.69, 9.17) is 5.73 Å². The summed E-state index contributed by atoms with van der Waals surface area (Å²) in [5.74, 6) is -0.0188. The molecule has 32 heavy (non-hydrogen) atoms. The van der Waals surface area contributed by atoms with Crippen LogP contribution in [-0.4, -0.2) is 23.0 Å². The second-order valence-corrected chi connectivity index (χ2v) is 8.88. The van der Waals surface area contributed by atoms with E-state index in [2.05, 4.69) is 14.7 Å². The summed E-state index contributed by atoms with van der Waals surface area (Å²) in [4.78, 5) is 9.17. The van der Waals surface area contributed by atoms with Crippen LogP contribution in [0.4, 0.5) is 11.6 Å². The number of fused-ring (bicyclic) bond motifs is 1. The van der Waals surface area contributed by atoms with Gasteiger partial charge in [-0.25, -0.2) is 18.1 Å². The number of benzene rings is 3. The van der Waals surface area contributed by atoms with Gasteiger partial charge in [0.1, 0.15) is 0 Å². The van der Waals surface area contributed by atoms with Crippen molar-refractivity contribution in [2.45, 2.75) is 4.90 Å². The summed E-state index contributed by atoms with van der Waals surface area (Å²) in [6.07, 6.45) is 1.90. The predicted molar refractivity (Wildman–Crippen MR) is 126 cm³/mol. The first-order valence-corrected chi connectivity index (χ1v) is 11.4. The number of nitrogens with two attached hydrogens (primary N) is 1. The Morgan fingerprint density at radius 2 is 1.53 bits per heavy atom. The van der Waals surface area contributed by atoms with Crippen LogP contribution >= 0.6 is 0 Å². The lowest BCUT2D eigenvalue weighted by Crippen LogP contribution is -2.16. The molecule has 0 atom stereocenters. The summed E-state index contributed by atoms with van der Waals surface area (Å²) >= 11 is 0. The maximum absolute atomic E-state index is 13.0. The Labute approximate surface area is 185 Å². The number of nitrogen functional groups attached to an aromatic ring is 1. The summed E-state index contributed by atoms with van der Waals surface area (Å²) in [6.45, 7) is 0. The lowest BCUT2D eigenvalue weighted by molar-refractivity contribution is 0.601. The number of hydrogen-bond acceptors (Lipinski definition) is 5. The second-order valence-electron chi connectivity index (χ2n) is 7.20. The smallest absolute Gasteiger partial charge is 0.264 e. The minimum absolute atomic E-state index is 0.0188. The Hall–Kier alpha value is -4.17. The molecule has 0 radical (unpaired) electrons. The number of nitrogens with zero attached hydrogens (tertiary/aromatic N) is 3. The average Bonchev–Trinajstić information content (AvgIpc) is 3.23. The van der Waals surface area contributed by atoms with Gasteiger partial charge in [-0.1, -0.05) is 54.6 Å². The third-order valence-electron chi connectivity index (χ3n) is 5.02. The van der Waals surface area contributed by atoms with Crippen molar-refractivity contribution >= 4 is 32.7 Å². The fraction of sp³-hybridized carbons (Fsp3) is 0. The number of nitrogens with one attached hydrogen (secondary N) is 1. The van der Waals surface area contributed by atoms with E-state index in [1.54, 1.807) is 12.1 Å². The molecule has 0 aliphatic carbocycles. The number of aromatic nitrogens is 3. The van der Waals surface area contributed by atoms with E-state index in [1.807, 2.05) is 77.5 Å². The Morgan fingerprint density at radius 3 is 2.25 bits per heavy atom. The van der Waals surface area contributed by atoms with E-state index in [1.165, 1.54) is 12.1 Å². The summed E-state index contributed by atoms with van der Waals surface area (Å²) < 4.78 is 30.4. The normalized spacial score (nSPS) is 11.5. The van der Waals surface area contributed by atoms with Crippen LogP contribution in [0.1, 0.15) is 0 Å². The van der Waals surface area contributed by atoms with Crippen molar-refractivity contribution in [3.8, 4) is 16.9 Å². The van der Waals surface area contributed by atoms with Gasteiger partial charge in [-0.05, 0) is 36.4 Å². The van der Waals surface area contributed by atoms with Crippen LogP contribution in [0.5, 0.6) is 0 Å². The Kier molecular flexibility index (Phi) is 4.84. The van der Waals surface area contributed by atoms with Gasteiger partial charge < -0.3 is 10.3 Å². The molecule has 0 saturated carbocycles. The lowest BCUT2D eigenvalue weighted by Gasteiger charge is -2.11. The van der Waals surface area contributed by atoms with E-state index in [-0.39, 0.29) is 10.8 Å². The zero-order chi connectivity index (χ0) is 22.1. The molecule has 0 amide bonds. The van der Waals surface area contributed by atoms with Gasteiger partial charge in [0.25, 0.3) is 10.0 Å². The highest BCUT2D eigenvalue weighted by Crippen LogP contribution is 2.30. The van der Waals surface area contributed by atoms with E-state index in [9.17, 15) is 8.42 Å². The zero-order valence-electron chi connectivity index (χ0n) is 16.9. The van der Waals surface area contributed by atoms with Crippen LogP contribution in [0.3, 0.4) is 0 Å². The Bertz CT molecular complexity index is 1510. The molecular formula is C24H19N5O2S. The third-order valence-corrected chi connectivity index (χ3v) is 6.35. The fourth-order valence-electron chi connectivity index (χ4n) is 3.53. The van der Waals surface area contributed by atoms with Crippen LogP contribution in [-0.2, 0) is 10.0 Å². The molecule has 3 N–H and O–H groups in total. The Morgan fingerprint density at radius 1 is 0.812 bits per heavy atom. The molecule has 3 aromatic carbocycles. The van der Waals surface area contributed by atoms with Crippen molar-refractivity contribution in [1.29, 1.82) is 0 Å². The maximum Gasteiger partial charge on any atom is 0.264 e. The summed E-state index contributed by atoms with van der Waals surface area (Å²) in [5.41, 5.74) is 9.11. The molecule has 0 saturated heterocycles. The number of sulfonamides is 1. The number of rotatable bonds is 5. The van der Waals surface area contributed by atoms with Gasteiger partial charge in [0.2, 0.25) is 5.95 Å².